The van der Waals surface area contributed by atoms with Gasteiger partial charge in [0.2, 0.25) is 0 Å². The molecule has 0 aromatic carbocycles. The molecule has 0 aromatic heterocycles. The smallest absolute Gasteiger partial charge is 0.323 e. The molecule has 20 heavy (non-hydrogen) atoms. The van der Waals surface area contributed by atoms with Crippen LogP contribution < -0.4 is 5.32 Å². The maximum Gasteiger partial charge on any atom is 0.323 e. The zero-order valence-electron chi connectivity index (χ0n) is 13.0. The second kappa shape index (κ2) is 6.90. The number of hydrogen-bond donors (Lipinski definition) is 2. The van der Waals surface area contributed by atoms with E-state index in [0.717, 1.165) is 44.3 Å². The summed E-state index contributed by atoms with van der Waals surface area (Å²) in [4.78, 5) is 14.2. The number of carbonyl (C=O) groups is 1. The van der Waals surface area contributed by atoms with Crippen LogP contribution in [0.3, 0.4) is 0 Å². The summed E-state index contributed by atoms with van der Waals surface area (Å²) in [6, 6.07) is 0.796. The normalized spacial score (nSPS) is 28.7. The van der Waals surface area contributed by atoms with Crippen LogP contribution in [0.15, 0.2) is 0 Å². The van der Waals surface area contributed by atoms with E-state index in [4.69, 9.17) is 0 Å². The molecule has 1 aliphatic carbocycles. The van der Waals surface area contributed by atoms with Crippen molar-refractivity contribution >= 4 is 5.97 Å². The predicted molar refractivity (Wildman–Crippen MR) is 80.9 cm³/mol. The molecule has 1 saturated carbocycles. The van der Waals surface area contributed by atoms with E-state index in [1.165, 1.54) is 25.8 Å². The van der Waals surface area contributed by atoms with E-state index in [1.807, 2.05) is 6.92 Å². The highest BCUT2D eigenvalue weighted by molar-refractivity contribution is 5.78. The number of carboxylic acids is 1. The Morgan fingerprint density at radius 3 is 2.70 bits per heavy atom. The first-order valence-electron chi connectivity index (χ1n) is 8.33. The second-order valence-corrected chi connectivity index (χ2v) is 6.60. The van der Waals surface area contributed by atoms with Crippen LogP contribution in [0.2, 0.25) is 0 Å². The molecule has 1 heterocycles. The van der Waals surface area contributed by atoms with Gasteiger partial charge in [0.15, 0.2) is 0 Å². The van der Waals surface area contributed by atoms with Crippen molar-refractivity contribution in [2.45, 2.75) is 70.4 Å². The standard InChI is InChI=1S/C16H30N2O2/c1-3-9-17-16(4-2,15(19)20)8-5-10-18-12-13-6-7-14(18)11-13/h13-14,17H,3-12H2,1-2H3,(H,19,20). The Morgan fingerprint density at radius 2 is 2.20 bits per heavy atom. The topological polar surface area (TPSA) is 52.6 Å². The second-order valence-electron chi connectivity index (χ2n) is 6.60. The van der Waals surface area contributed by atoms with Gasteiger partial charge in [-0.25, -0.2) is 0 Å². The maximum atomic E-state index is 11.6. The molecule has 0 aromatic rings. The summed E-state index contributed by atoms with van der Waals surface area (Å²) in [5, 5.41) is 12.8. The Bertz CT molecular complexity index is 334. The van der Waals surface area contributed by atoms with Crippen LogP contribution >= 0.6 is 0 Å². The van der Waals surface area contributed by atoms with Crippen molar-refractivity contribution < 1.29 is 9.90 Å². The minimum atomic E-state index is -0.714. The molecular weight excluding hydrogens is 252 g/mol. The molecule has 2 fully saturated rings. The van der Waals surface area contributed by atoms with E-state index in [1.54, 1.807) is 0 Å². The Balaban J connectivity index is 1.80. The third kappa shape index (κ3) is 3.34. The van der Waals surface area contributed by atoms with Gasteiger partial charge in [0, 0.05) is 12.6 Å². The molecule has 4 nitrogen and oxygen atoms in total. The van der Waals surface area contributed by atoms with Gasteiger partial charge < -0.3 is 15.3 Å². The number of piperidine rings is 1. The molecule has 2 bridgehead atoms. The highest BCUT2D eigenvalue weighted by atomic mass is 16.4. The first-order valence-corrected chi connectivity index (χ1v) is 8.33. The SMILES string of the molecule is CCCNC(CC)(CCCN1CC2CCC1C2)C(=O)O. The first-order chi connectivity index (χ1) is 9.61. The van der Waals surface area contributed by atoms with Gasteiger partial charge in [0.1, 0.15) is 5.54 Å². The highest BCUT2D eigenvalue weighted by Crippen LogP contribution is 2.37. The fraction of sp³-hybridized carbons (Fsp3) is 0.938. The molecule has 116 valence electrons. The number of rotatable bonds is 9. The molecule has 0 amide bonds. The van der Waals surface area contributed by atoms with Crippen LogP contribution in [0.5, 0.6) is 0 Å². The number of fused-ring (bicyclic) bond motifs is 2. The van der Waals surface area contributed by atoms with E-state index in [9.17, 15) is 9.90 Å². The predicted octanol–water partition coefficient (Wildman–Crippen LogP) is 2.48. The zero-order valence-corrected chi connectivity index (χ0v) is 13.0. The maximum absolute atomic E-state index is 11.6. The van der Waals surface area contributed by atoms with E-state index < -0.39 is 11.5 Å². The van der Waals surface area contributed by atoms with Gasteiger partial charge in [0.25, 0.3) is 0 Å². The average Bonchev–Trinajstić information content (AvgIpc) is 3.05. The lowest BCUT2D eigenvalue weighted by molar-refractivity contribution is -0.145. The third-order valence-corrected chi connectivity index (χ3v) is 5.30. The van der Waals surface area contributed by atoms with Gasteiger partial charge in [0.05, 0.1) is 0 Å². The number of nitrogens with one attached hydrogen (secondary N) is 1. The molecular formula is C16H30N2O2. The van der Waals surface area contributed by atoms with Crippen LogP contribution in [-0.4, -0.2) is 47.2 Å². The van der Waals surface area contributed by atoms with Crippen LogP contribution in [-0.2, 0) is 4.79 Å². The lowest BCUT2D eigenvalue weighted by Gasteiger charge is -2.32. The molecule has 2 rings (SSSR count). The molecule has 1 aliphatic heterocycles. The monoisotopic (exact) mass is 282 g/mol. The van der Waals surface area contributed by atoms with Crippen molar-refractivity contribution in [3.05, 3.63) is 0 Å². The van der Waals surface area contributed by atoms with Crippen molar-refractivity contribution in [2.24, 2.45) is 5.92 Å². The Labute approximate surface area is 122 Å². The lowest BCUT2D eigenvalue weighted by Crippen LogP contribution is -2.52. The summed E-state index contributed by atoms with van der Waals surface area (Å²) in [6.07, 6.45) is 7.52. The molecule has 2 aliphatic rings. The molecule has 2 N–H and O–H groups in total. The number of likely N-dealkylation sites (tertiary alicyclic amines) is 1. The van der Waals surface area contributed by atoms with Crippen LogP contribution in [0, 0.1) is 5.92 Å². The molecule has 3 atom stereocenters. The van der Waals surface area contributed by atoms with Gasteiger partial charge >= 0.3 is 5.97 Å². The van der Waals surface area contributed by atoms with Gasteiger partial charge in [-0.15, -0.1) is 0 Å². The summed E-state index contributed by atoms with van der Waals surface area (Å²) < 4.78 is 0. The van der Waals surface area contributed by atoms with Crippen molar-refractivity contribution in [3.8, 4) is 0 Å². The summed E-state index contributed by atoms with van der Waals surface area (Å²) in [5.74, 6) is 0.241. The fourth-order valence-electron chi connectivity index (χ4n) is 3.97. The molecule has 1 saturated heterocycles. The van der Waals surface area contributed by atoms with Crippen molar-refractivity contribution in [1.82, 2.24) is 10.2 Å². The molecule has 0 spiro atoms. The minimum Gasteiger partial charge on any atom is -0.480 e. The number of hydrogen-bond acceptors (Lipinski definition) is 3. The summed E-state index contributed by atoms with van der Waals surface area (Å²) in [5.41, 5.74) is -0.714. The van der Waals surface area contributed by atoms with Crippen molar-refractivity contribution in [3.63, 3.8) is 0 Å². The van der Waals surface area contributed by atoms with Crippen LogP contribution in [0.25, 0.3) is 0 Å². The largest absolute Gasteiger partial charge is 0.480 e. The van der Waals surface area contributed by atoms with Crippen LogP contribution in [0.1, 0.15) is 58.8 Å². The third-order valence-electron chi connectivity index (χ3n) is 5.30. The minimum absolute atomic E-state index is 0.661. The van der Waals surface area contributed by atoms with Gasteiger partial charge in [-0.1, -0.05) is 13.8 Å². The van der Waals surface area contributed by atoms with E-state index in [2.05, 4.69) is 17.1 Å². The van der Waals surface area contributed by atoms with Gasteiger partial charge in [-0.05, 0) is 64.0 Å². The highest BCUT2D eigenvalue weighted by Gasteiger charge is 2.39. The molecule has 3 unspecified atom stereocenters. The number of aliphatic carboxylic acids is 1. The number of nitrogens with zero attached hydrogens (tertiary/aromatic N) is 1. The molecule has 0 radical (unpaired) electrons. The van der Waals surface area contributed by atoms with E-state index in [-0.39, 0.29) is 0 Å². The molecule has 4 heteroatoms. The fourth-order valence-corrected chi connectivity index (χ4v) is 3.97. The first kappa shape index (κ1) is 15.8. The van der Waals surface area contributed by atoms with Gasteiger partial charge in [-0.2, -0.15) is 0 Å². The van der Waals surface area contributed by atoms with E-state index in [0.29, 0.717) is 6.42 Å². The summed E-state index contributed by atoms with van der Waals surface area (Å²) in [6.45, 7) is 7.17. The summed E-state index contributed by atoms with van der Waals surface area (Å²) >= 11 is 0. The Hall–Kier alpha value is -0.610. The Morgan fingerprint density at radius 1 is 1.40 bits per heavy atom. The summed E-state index contributed by atoms with van der Waals surface area (Å²) in [7, 11) is 0. The van der Waals surface area contributed by atoms with Crippen LogP contribution in [0.4, 0.5) is 0 Å². The van der Waals surface area contributed by atoms with Gasteiger partial charge in [-0.3, -0.25) is 4.79 Å². The Kier molecular flexibility index (Phi) is 5.44. The quantitative estimate of drug-likeness (QED) is 0.682. The number of carboxylic acid groups (broad SMARTS) is 1. The lowest BCUT2D eigenvalue weighted by atomic mass is 9.90. The van der Waals surface area contributed by atoms with E-state index >= 15 is 0 Å². The average molecular weight is 282 g/mol. The van der Waals surface area contributed by atoms with Crippen molar-refractivity contribution in [2.75, 3.05) is 19.6 Å². The zero-order chi connectivity index (χ0) is 14.6. The van der Waals surface area contributed by atoms with Crippen molar-refractivity contribution in [1.29, 1.82) is 0 Å².